The third-order valence-corrected chi connectivity index (χ3v) is 5.89. The molecule has 1 fully saturated rings. The summed E-state index contributed by atoms with van der Waals surface area (Å²) >= 11 is 0. The molecule has 0 aliphatic carbocycles. The van der Waals surface area contributed by atoms with Crippen LogP contribution in [-0.4, -0.2) is 49.2 Å². The third kappa shape index (κ3) is 5.21. The van der Waals surface area contributed by atoms with Gasteiger partial charge in [-0.25, -0.2) is 0 Å². The number of carbonyl (C=O) groups excluding carboxylic acids is 1. The van der Waals surface area contributed by atoms with Gasteiger partial charge in [0, 0.05) is 51.0 Å². The molecule has 1 amide bonds. The number of rotatable bonds is 7. The lowest BCUT2D eigenvalue weighted by molar-refractivity contribution is 0.0948. The second kappa shape index (κ2) is 10.2. The fraction of sp³-hybridized carbons (Fsp3) is 0.269. The number of phenols is 1. The SMILES string of the molecule is COc1ccc(C(=O)NCc2ccccc2CN2CCN(c3ccccc3)CC2)c(O)c1. The van der Waals surface area contributed by atoms with Crippen molar-refractivity contribution >= 4 is 11.6 Å². The van der Waals surface area contributed by atoms with E-state index in [-0.39, 0.29) is 17.2 Å². The number of nitrogens with one attached hydrogen (secondary N) is 1. The number of piperazine rings is 1. The van der Waals surface area contributed by atoms with E-state index < -0.39 is 0 Å². The van der Waals surface area contributed by atoms with Gasteiger partial charge in [-0.15, -0.1) is 0 Å². The number of hydrogen-bond donors (Lipinski definition) is 2. The Balaban J connectivity index is 1.35. The number of methoxy groups -OCH3 is 1. The number of carbonyl (C=O) groups is 1. The van der Waals surface area contributed by atoms with Gasteiger partial charge in [-0.05, 0) is 35.4 Å². The van der Waals surface area contributed by atoms with E-state index in [1.54, 1.807) is 12.1 Å². The summed E-state index contributed by atoms with van der Waals surface area (Å²) in [7, 11) is 1.52. The molecule has 0 bridgehead atoms. The molecule has 0 radical (unpaired) electrons. The Morgan fingerprint density at radius 1 is 0.938 bits per heavy atom. The minimum Gasteiger partial charge on any atom is -0.507 e. The predicted molar refractivity (Wildman–Crippen MR) is 126 cm³/mol. The van der Waals surface area contributed by atoms with E-state index >= 15 is 0 Å². The van der Waals surface area contributed by atoms with E-state index in [2.05, 4.69) is 45.4 Å². The maximum absolute atomic E-state index is 12.6. The first kappa shape index (κ1) is 21.7. The zero-order valence-electron chi connectivity index (χ0n) is 18.3. The first-order valence-electron chi connectivity index (χ1n) is 10.9. The van der Waals surface area contributed by atoms with Crippen LogP contribution in [0.2, 0.25) is 0 Å². The van der Waals surface area contributed by atoms with Crippen molar-refractivity contribution in [2.45, 2.75) is 13.1 Å². The lowest BCUT2D eigenvalue weighted by atomic mass is 10.1. The molecule has 0 aromatic heterocycles. The number of aromatic hydroxyl groups is 1. The van der Waals surface area contributed by atoms with E-state index in [1.807, 2.05) is 24.3 Å². The van der Waals surface area contributed by atoms with Crippen LogP contribution in [0.3, 0.4) is 0 Å². The molecule has 1 aliphatic rings. The number of para-hydroxylation sites is 1. The molecule has 0 saturated carbocycles. The minimum atomic E-state index is -0.309. The first-order valence-corrected chi connectivity index (χ1v) is 10.9. The molecule has 166 valence electrons. The monoisotopic (exact) mass is 431 g/mol. The highest BCUT2D eigenvalue weighted by Gasteiger charge is 2.18. The Kier molecular flexibility index (Phi) is 6.92. The average Bonchev–Trinajstić information content (AvgIpc) is 2.84. The average molecular weight is 432 g/mol. The molecule has 32 heavy (non-hydrogen) atoms. The number of anilines is 1. The fourth-order valence-corrected chi connectivity index (χ4v) is 4.03. The smallest absolute Gasteiger partial charge is 0.255 e. The molecule has 1 heterocycles. The van der Waals surface area contributed by atoms with Crippen LogP contribution in [0, 0.1) is 0 Å². The topological polar surface area (TPSA) is 65.0 Å². The van der Waals surface area contributed by atoms with E-state index in [0.717, 1.165) is 38.3 Å². The summed E-state index contributed by atoms with van der Waals surface area (Å²) in [5.41, 5.74) is 3.80. The molecule has 3 aromatic rings. The van der Waals surface area contributed by atoms with Gasteiger partial charge in [-0.2, -0.15) is 0 Å². The second-order valence-corrected chi connectivity index (χ2v) is 7.93. The number of benzene rings is 3. The van der Waals surface area contributed by atoms with Crippen molar-refractivity contribution in [1.29, 1.82) is 0 Å². The standard InChI is InChI=1S/C26H29N3O3/c1-32-23-11-12-24(25(30)17-23)26(31)27-18-20-7-5-6-8-21(20)19-28-13-15-29(16-14-28)22-9-3-2-4-10-22/h2-12,17,30H,13-16,18-19H2,1H3,(H,27,31). The Labute approximate surface area is 189 Å². The van der Waals surface area contributed by atoms with E-state index in [9.17, 15) is 9.90 Å². The van der Waals surface area contributed by atoms with Gasteiger partial charge in [0.2, 0.25) is 0 Å². The van der Waals surface area contributed by atoms with E-state index in [4.69, 9.17) is 4.74 Å². The molecule has 2 N–H and O–H groups in total. The van der Waals surface area contributed by atoms with Crippen LogP contribution in [0.4, 0.5) is 5.69 Å². The van der Waals surface area contributed by atoms with Crippen molar-refractivity contribution in [2.75, 3.05) is 38.2 Å². The Morgan fingerprint density at radius 3 is 2.31 bits per heavy atom. The fourth-order valence-electron chi connectivity index (χ4n) is 4.03. The summed E-state index contributed by atoms with van der Waals surface area (Å²) in [6.07, 6.45) is 0. The van der Waals surface area contributed by atoms with Gasteiger partial charge in [0.25, 0.3) is 5.91 Å². The van der Waals surface area contributed by atoms with Gasteiger partial charge < -0.3 is 20.1 Å². The number of ether oxygens (including phenoxy) is 1. The van der Waals surface area contributed by atoms with Crippen molar-refractivity contribution in [3.8, 4) is 11.5 Å². The number of phenolic OH excluding ortho intramolecular Hbond substituents is 1. The molecular formula is C26H29N3O3. The number of nitrogens with zero attached hydrogens (tertiary/aromatic N) is 2. The minimum absolute atomic E-state index is 0.0913. The Hall–Kier alpha value is -3.51. The molecule has 1 saturated heterocycles. The van der Waals surface area contributed by atoms with Crippen LogP contribution >= 0.6 is 0 Å². The third-order valence-electron chi connectivity index (χ3n) is 5.89. The van der Waals surface area contributed by atoms with Crippen molar-refractivity contribution < 1.29 is 14.6 Å². The Bertz CT molecular complexity index is 1050. The summed E-state index contributed by atoms with van der Waals surface area (Å²) in [6, 6.07) is 23.4. The molecule has 6 nitrogen and oxygen atoms in total. The quantitative estimate of drug-likeness (QED) is 0.598. The predicted octanol–water partition coefficient (Wildman–Crippen LogP) is 3.65. The van der Waals surface area contributed by atoms with Crippen LogP contribution in [0.1, 0.15) is 21.5 Å². The summed E-state index contributed by atoms with van der Waals surface area (Å²) in [4.78, 5) is 17.5. The highest BCUT2D eigenvalue weighted by atomic mass is 16.5. The summed E-state index contributed by atoms with van der Waals surface area (Å²) in [6.45, 7) is 5.25. The van der Waals surface area contributed by atoms with Gasteiger partial charge >= 0.3 is 0 Å². The van der Waals surface area contributed by atoms with Crippen molar-refractivity contribution in [1.82, 2.24) is 10.2 Å². The second-order valence-electron chi connectivity index (χ2n) is 7.93. The Morgan fingerprint density at radius 2 is 1.62 bits per heavy atom. The summed E-state index contributed by atoms with van der Waals surface area (Å²) in [5, 5.41) is 13.0. The van der Waals surface area contributed by atoms with Crippen LogP contribution in [0.5, 0.6) is 11.5 Å². The van der Waals surface area contributed by atoms with Gasteiger partial charge in [0.15, 0.2) is 0 Å². The van der Waals surface area contributed by atoms with Gasteiger partial charge in [0.1, 0.15) is 11.5 Å². The molecule has 6 heteroatoms. The van der Waals surface area contributed by atoms with Crippen LogP contribution in [-0.2, 0) is 13.1 Å². The molecule has 4 rings (SSSR count). The maximum atomic E-state index is 12.6. The van der Waals surface area contributed by atoms with Crippen LogP contribution in [0.25, 0.3) is 0 Å². The first-order chi connectivity index (χ1) is 15.6. The van der Waals surface area contributed by atoms with Crippen LogP contribution < -0.4 is 15.0 Å². The molecule has 1 aliphatic heterocycles. The van der Waals surface area contributed by atoms with E-state index in [1.165, 1.54) is 24.4 Å². The zero-order valence-corrected chi connectivity index (χ0v) is 18.3. The molecular weight excluding hydrogens is 402 g/mol. The normalized spacial score (nSPS) is 14.2. The highest BCUT2D eigenvalue weighted by molar-refractivity contribution is 5.97. The number of hydrogen-bond acceptors (Lipinski definition) is 5. The van der Waals surface area contributed by atoms with Gasteiger partial charge in [-0.3, -0.25) is 9.69 Å². The van der Waals surface area contributed by atoms with Crippen molar-refractivity contribution in [2.24, 2.45) is 0 Å². The van der Waals surface area contributed by atoms with Gasteiger partial charge in [-0.1, -0.05) is 42.5 Å². The number of amides is 1. The summed E-state index contributed by atoms with van der Waals surface area (Å²) < 4.78 is 5.08. The lowest BCUT2D eigenvalue weighted by Gasteiger charge is -2.36. The largest absolute Gasteiger partial charge is 0.507 e. The molecule has 0 spiro atoms. The van der Waals surface area contributed by atoms with Crippen LogP contribution in [0.15, 0.2) is 72.8 Å². The van der Waals surface area contributed by atoms with Crippen molar-refractivity contribution in [3.63, 3.8) is 0 Å². The van der Waals surface area contributed by atoms with E-state index in [0.29, 0.717) is 12.3 Å². The van der Waals surface area contributed by atoms with Crippen molar-refractivity contribution in [3.05, 3.63) is 89.5 Å². The zero-order chi connectivity index (χ0) is 22.3. The molecule has 0 unspecified atom stereocenters. The molecule has 0 atom stereocenters. The lowest BCUT2D eigenvalue weighted by Crippen LogP contribution is -2.46. The van der Waals surface area contributed by atoms with Gasteiger partial charge in [0.05, 0.1) is 12.7 Å². The molecule has 3 aromatic carbocycles. The maximum Gasteiger partial charge on any atom is 0.255 e. The summed E-state index contributed by atoms with van der Waals surface area (Å²) in [5.74, 6) is 0.111. The highest BCUT2D eigenvalue weighted by Crippen LogP contribution is 2.23.